The van der Waals surface area contributed by atoms with E-state index < -0.39 is 11.7 Å². The minimum absolute atomic E-state index is 0.115. The number of pyridine rings is 1. The van der Waals surface area contributed by atoms with E-state index in [1.807, 2.05) is 36.1 Å². The summed E-state index contributed by atoms with van der Waals surface area (Å²) in [7, 11) is 0. The van der Waals surface area contributed by atoms with Crippen molar-refractivity contribution in [3.05, 3.63) is 41.2 Å². The molecule has 1 aromatic carbocycles. The Bertz CT molecular complexity index is 1050. The largest absolute Gasteiger partial charge is 0.396 e. The molecule has 3 heterocycles. The number of aromatic nitrogens is 2. The van der Waals surface area contributed by atoms with Gasteiger partial charge in [-0.1, -0.05) is 19.1 Å². The van der Waals surface area contributed by atoms with Crippen molar-refractivity contribution >= 4 is 28.4 Å². The molecule has 1 aliphatic heterocycles. The van der Waals surface area contributed by atoms with Crippen LogP contribution in [0.3, 0.4) is 0 Å². The number of rotatable bonds is 3. The van der Waals surface area contributed by atoms with Crippen LogP contribution in [0.15, 0.2) is 24.3 Å². The van der Waals surface area contributed by atoms with E-state index in [9.17, 15) is 9.90 Å². The second-order valence-electron chi connectivity index (χ2n) is 7.72. The fraction of sp³-hybridized carbons (Fsp3) is 0.400. The molecule has 1 aliphatic rings. The summed E-state index contributed by atoms with van der Waals surface area (Å²) in [5, 5.41) is 9.62. The predicted octanol–water partition coefficient (Wildman–Crippen LogP) is 2.63. The third-order valence-electron chi connectivity index (χ3n) is 5.79. The first kappa shape index (κ1) is 17.7. The summed E-state index contributed by atoms with van der Waals surface area (Å²) < 4.78 is 17.2. The molecule has 0 atom stereocenters. The third-order valence-corrected chi connectivity index (χ3v) is 5.79. The monoisotopic (exact) mass is 370 g/mol. The van der Waals surface area contributed by atoms with Crippen LogP contribution < -0.4 is 10.6 Å². The number of hydrogen-bond donors (Lipinski definition) is 2. The molecule has 142 valence electrons. The number of anilines is 1. The highest BCUT2D eigenvalue weighted by atomic mass is 19.1. The maximum Gasteiger partial charge on any atom is 0.252 e. The maximum atomic E-state index is 15.5. The number of aliphatic hydroxyl groups is 1. The van der Waals surface area contributed by atoms with E-state index in [0.29, 0.717) is 30.1 Å². The molecule has 3 aromatic rings. The lowest BCUT2D eigenvalue weighted by Gasteiger charge is -2.39. The van der Waals surface area contributed by atoms with Crippen molar-refractivity contribution in [2.24, 2.45) is 11.1 Å². The zero-order valence-corrected chi connectivity index (χ0v) is 15.5. The first-order valence-electron chi connectivity index (χ1n) is 9.11. The van der Waals surface area contributed by atoms with Crippen LogP contribution in [0.4, 0.5) is 10.2 Å². The number of para-hydroxylation sites is 2. The average molecular weight is 370 g/mol. The van der Waals surface area contributed by atoms with Gasteiger partial charge in [0.05, 0.1) is 16.6 Å². The Morgan fingerprint density at radius 1 is 1.33 bits per heavy atom. The number of piperidine rings is 1. The number of carbonyl (C=O) groups is 1. The lowest BCUT2D eigenvalue weighted by Crippen LogP contribution is -2.41. The second kappa shape index (κ2) is 6.20. The summed E-state index contributed by atoms with van der Waals surface area (Å²) in [4.78, 5) is 18.6. The van der Waals surface area contributed by atoms with E-state index >= 15 is 4.39 Å². The molecule has 2 aromatic heterocycles. The van der Waals surface area contributed by atoms with Gasteiger partial charge in [0, 0.05) is 25.3 Å². The van der Waals surface area contributed by atoms with Crippen LogP contribution in [0.25, 0.3) is 16.7 Å². The summed E-state index contributed by atoms with van der Waals surface area (Å²) in [5.74, 6) is -0.738. The van der Waals surface area contributed by atoms with E-state index in [1.165, 1.54) is 0 Å². The molecule has 3 N–H and O–H groups in total. The zero-order chi connectivity index (χ0) is 19.3. The van der Waals surface area contributed by atoms with Gasteiger partial charge in [-0.2, -0.15) is 0 Å². The SMILES string of the molecule is Cc1c(F)c(N2CCC(C)(CO)CC2)n2c(nc3ccccc32)c1C(N)=O. The Balaban J connectivity index is 1.99. The first-order chi connectivity index (χ1) is 12.9. The van der Waals surface area contributed by atoms with Crippen LogP contribution in [0.1, 0.15) is 35.7 Å². The van der Waals surface area contributed by atoms with Crippen molar-refractivity contribution in [2.45, 2.75) is 26.7 Å². The van der Waals surface area contributed by atoms with Crippen molar-refractivity contribution in [1.29, 1.82) is 0 Å². The topological polar surface area (TPSA) is 83.9 Å². The molecule has 0 unspecified atom stereocenters. The molecule has 0 aliphatic carbocycles. The lowest BCUT2D eigenvalue weighted by atomic mass is 9.81. The normalized spacial score (nSPS) is 17.0. The highest BCUT2D eigenvalue weighted by molar-refractivity contribution is 6.03. The quantitative estimate of drug-likeness (QED) is 0.742. The van der Waals surface area contributed by atoms with Crippen LogP contribution >= 0.6 is 0 Å². The third kappa shape index (κ3) is 2.65. The average Bonchev–Trinajstić information content (AvgIpc) is 3.02. The Kier molecular flexibility index (Phi) is 4.07. The number of aliphatic hydroxyl groups excluding tert-OH is 1. The van der Waals surface area contributed by atoms with Crippen molar-refractivity contribution in [3.8, 4) is 0 Å². The van der Waals surface area contributed by atoms with E-state index in [0.717, 1.165) is 18.4 Å². The summed E-state index contributed by atoms with van der Waals surface area (Å²) in [6.07, 6.45) is 1.52. The molecule has 0 bridgehead atoms. The maximum absolute atomic E-state index is 15.5. The van der Waals surface area contributed by atoms with Crippen LogP contribution in [0, 0.1) is 18.2 Å². The fourth-order valence-electron chi connectivity index (χ4n) is 3.94. The molecular weight excluding hydrogens is 347 g/mol. The number of hydrogen-bond acceptors (Lipinski definition) is 4. The Morgan fingerprint density at radius 2 is 2.00 bits per heavy atom. The van der Waals surface area contributed by atoms with Crippen LogP contribution in [-0.2, 0) is 0 Å². The van der Waals surface area contributed by atoms with Gasteiger partial charge in [0.1, 0.15) is 0 Å². The number of benzene rings is 1. The number of halogens is 1. The van der Waals surface area contributed by atoms with E-state index in [1.54, 1.807) is 11.3 Å². The first-order valence-corrected chi connectivity index (χ1v) is 9.11. The summed E-state index contributed by atoms with van der Waals surface area (Å²) in [6, 6.07) is 7.42. The van der Waals surface area contributed by atoms with Gasteiger partial charge in [0.2, 0.25) is 0 Å². The van der Waals surface area contributed by atoms with Gasteiger partial charge >= 0.3 is 0 Å². The Morgan fingerprint density at radius 3 is 2.63 bits per heavy atom. The van der Waals surface area contributed by atoms with Crippen LogP contribution in [-0.4, -0.2) is 40.1 Å². The number of imidazole rings is 1. The van der Waals surface area contributed by atoms with Gasteiger partial charge in [0.25, 0.3) is 5.91 Å². The summed E-state index contributed by atoms with van der Waals surface area (Å²) in [5.41, 5.74) is 7.54. The fourth-order valence-corrected chi connectivity index (χ4v) is 3.94. The molecular formula is C20H23FN4O2. The summed E-state index contributed by atoms with van der Waals surface area (Å²) in [6.45, 7) is 4.96. The molecule has 0 saturated carbocycles. The number of nitrogens with two attached hydrogens (primary N) is 1. The Hall–Kier alpha value is -2.67. The van der Waals surface area contributed by atoms with Crippen LogP contribution in [0.2, 0.25) is 0 Å². The minimum atomic E-state index is -0.690. The highest BCUT2D eigenvalue weighted by Crippen LogP contribution is 2.37. The smallest absolute Gasteiger partial charge is 0.252 e. The molecule has 4 rings (SSSR count). The molecule has 1 amide bonds. The molecule has 6 nitrogen and oxygen atoms in total. The van der Waals surface area contributed by atoms with Crippen molar-refractivity contribution in [1.82, 2.24) is 9.38 Å². The standard InChI is InChI=1S/C20H23FN4O2/c1-12-15(17(22)27)18-23-13-5-3-4-6-14(13)25(18)19(16(12)21)24-9-7-20(2,11-26)8-10-24/h3-6,26H,7-11H2,1-2H3,(H2,22,27). The molecule has 0 spiro atoms. The van der Waals surface area contributed by atoms with Crippen LogP contribution in [0.5, 0.6) is 0 Å². The van der Waals surface area contributed by atoms with Crippen molar-refractivity contribution < 1.29 is 14.3 Å². The minimum Gasteiger partial charge on any atom is -0.396 e. The predicted molar refractivity (Wildman–Crippen MR) is 103 cm³/mol. The van der Waals surface area contributed by atoms with Gasteiger partial charge in [-0.15, -0.1) is 0 Å². The number of primary amides is 1. The zero-order valence-electron chi connectivity index (χ0n) is 15.5. The van der Waals surface area contributed by atoms with E-state index in [2.05, 4.69) is 4.98 Å². The molecule has 1 saturated heterocycles. The molecule has 0 radical (unpaired) electrons. The van der Waals surface area contributed by atoms with Gasteiger partial charge in [-0.25, -0.2) is 9.37 Å². The van der Waals surface area contributed by atoms with E-state index in [4.69, 9.17) is 5.73 Å². The molecule has 7 heteroatoms. The second-order valence-corrected chi connectivity index (χ2v) is 7.72. The van der Waals surface area contributed by atoms with Gasteiger partial charge < -0.3 is 15.7 Å². The van der Waals surface area contributed by atoms with Crippen molar-refractivity contribution in [3.63, 3.8) is 0 Å². The number of nitrogens with zero attached hydrogens (tertiary/aromatic N) is 3. The number of carbonyl (C=O) groups excluding carboxylic acids is 1. The van der Waals surface area contributed by atoms with Gasteiger partial charge in [0.15, 0.2) is 17.3 Å². The van der Waals surface area contributed by atoms with Gasteiger partial charge in [-0.3, -0.25) is 9.20 Å². The molecule has 1 fully saturated rings. The Labute approximate surface area is 156 Å². The number of amides is 1. The summed E-state index contributed by atoms with van der Waals surface area (Å²) >= 11 is 0. The van der Waals surface area contributed by atoms with E-state index in [-0.39, 0.29) is 23.1 Å². The number of fused-ring (bicyclic) bond motifs is 3. The van der Waals surface area contributed by atoms with Crippen molar-refractivity contribution in [2.75, 3.05) is 24.6 Å². The van der Waals surface area contributed by atoms with Gasteiger partial charge in [-0.05, 0) is 37.3 Å². The highest BCUT2D eigenvalue weighted by Gasteiger charge is 2.33. The lowest BCUT2D eigenvalue weighted by molar-refractivity contribution is 0.1000. The molecule has 27 heavy (non-hydrogen) atoms.